The molecule has 4 rings (SSSR count). The predicted molar refractivity (Wildman–Crippen MR) is 97.8 cm³/mol. The molecule has 0 aliphatic carbocycles. The predicted octanol–water partition coefficient (Wildman–Crippen LogP) is 0.765. The van der Waals surface area contributed by atoms with Crippen molar-refractivity contribution in [3.8, 4) is 0 Å². The molecule has 0 N–H and O–H groups in total. The lowest BCUT2D eigenvalue weighted by Crippen LogP contribution is -2.20. The normalized spacial score (nSPS) is 13.6. The lowest BCUT2D eigenvalue weighted by molar-refractivity contribution is -0.147. The van der Waals surface area contributed by atoms with Gasteiger partial charge in [0.2, 0.25) is 0 Å². The Bertz CT molecular complexity index is 1230. The Morgan fingerprint density at radius 3 is 1.33 bits per heavy atom. The van der Waals surface area contributed by atoms with Crippen LogP contribution in [0.15, 0.2) is 36.4 Å². The van der Waals surface area contributed by atoms with Gasteiger partial charge < -0.3 is 18.9 Å². The minimum absolute atomic E-state index is 0.0610. The summed E-state index contributed by atoms with van der Waals surface area (Å²) in [4.78, 5) is 93.7. The molecule has 0 unspecified atom stereocenters. The van der Waals surface area contributed by atoms with Crippen LogP contribution >= 0.6 is 0 Å². The summed E-state index contributed by atoms with van der Waals surface area (Å²) >= 11 is 0. The number of hydrogen-bond donors (Lipinski definition) is 0. The first-order valence-corrected chi connectivity index (χ1v) is 8.95. The van der Waals surface area contributed by atoms with Gasteiger partial charge in [0.1, 0.15) is 6.42 Å². The van der Waals surface area contributed by atoms with Crippen LogP contribution in [-0.2, 0) is 28.5 Å². The number of ether oxygens (including phenoxy) is 4. The zero-order chi connectivity index (χ0) is 23.9. The van der Waals surface area contributed by atoms with E-state index in [-0.39, 0.29) is 33.4 Å². The van der Waals surface area contributed by atoms with E-state index in [0.717, 1.165) is 36.4 Å². The summed E-state index contributed by atoms with van der Waals surface area (Å²) in [5.41, 5.74) is -1.03. The zero-order valence-corrected chi connectivity index (χ0v) is 16.1. The van der Waals surface area contributed by atoms with Crippen molar-refractivity contribution in [1.29, 1.82) is 0 Å². The molecule has 0 spiro atoms. The van der Waals surface area contributed by atoms with Gasteiger partial charge in [0.25, 0.3) is 0 Å². The maximum atomic E-state index is 12.1. The lowest BCUT2D eigenvalue weighted by atomic mass is 10.1. The average Bonchev–Trinajstić information content (AvgIpc) is 3.21. The van der Waals surface area contributed by atoms with Crippen LogP contribution in [0.3, 0.4) is 0 Å². The van der Waals surface area contributed by atoms with E-state index in [0.29, 0.717) is 0 Å². The van der Waals surface area contributed by atoms with E-state index >= 15 is 0 Å². The molecule has 2 aromatic carbocycles. The Morgan fingerprint density at radius 2 is 0.939 bits per heavy atom. The molecule has 0 radical (unpaired) electrons. The highest BCUT2D eigenvalue weighted by molar-refractivity contribution is 6.16. The van der Waals surface area contributed by atoms with Crippen molar-refractivity contribution < 1.29 is 57.3 Å². The van der Waals surface area contributed by atoms with E-state index in [9.17, 15) is 38.4 Å². The van der Waals surface area contributed by atoms with Gasteiger partial charge >= 0.3 is 47.8 Å². The van der Waals surface area contributed by atoms with Gasteiger partial charge in [0.15, 0.2) is 0 Å². The van der Waals surface area contributed by atoms with Crippen molar-refractivity contribution in [2.45, 2.75) is 6.42 Å². The number of fused-ring (bicyclic) bond motifs is 2. The number of cyclic esters (lactones) is 4. The Hall–Kier alpha value is -5.00. The second kappa shape index (κ2) is 7.92. The van der Waals surface area contributed by atoms with Crippen molar-refractivity contribution >= 4 is 47.8 Å². The first-order chi connectivity index (χ1) is 15.6. The Morgan fingerprint density at radius 1 is 0.576 bits per heavy atom. The highest BCUT2D eigenvalue weighted by atomic mass is 16.6. The summed E-state index contributed by atoms with van der Waals surface area (Å²) in [6.45, 7) is 0. The highest BCUT2D eigenvalue weighted by Gasteiger charge is 2.32. The van der Waals surface area contributed by atoms with Gasteiger partial charge in [-0.05, 0) is 36.4 Å². The highest BCUT2D eigenvalue weighted by Crippen LogP contribution is 2.23. The van der Waals surface area contributed by atoms with Gasteiger partial charge in [-0.3, -0.25) is 9.59 Å². The molecule has 2 aromatic rings. The Balaban J connectivity index is 1.35. The molecule has 0 aromatic heterocycles. The summed E-state index contributed by atoms with van der Waals surface area (Å²) < 4.78 is 17.7. The standard InChI is InChI=1S/C21H8O12/c22-14(30-16(24)8-1-3-10-12(5-8)20(28)32-18(10)26)7-15(23)31-17(25)9-2-4-11-13(6-9)21(29)33-19(11)27/h1-6H,7H2. The van der Waals surface area contributed by atoms with Gasteiger partial charge in [-0.25, -0.2) is 28.8 Å². The van der Waals surface area contributed by atoms with Crippen LogP contribution in [-0.4, -0.2) is 47.8 Å². The molecule has 164 valence electrons. The van der Waals surface area contributed by atoms with E-state index in [1.807, 2.05) is 0 Å². The largest absolute Gasteiger partial charge is 0.389 e. The van der Waals surface area contributed by atoms with Gasteiger partial charge in [-0.1, -0.05) is 0 Å². The minimum Gasteiger partial charge on any atom is -0.389 e. The number of carbonyl (C=O) groups is 8. The van der Waals surface area contributed by atoms with E-state index in [4.69, 9.17) is 0 Å². The second-order valence-electron chi connectivity index (χ2n) is 6.57. The molecule has 12 nitrogen and oxygen atoms in total. The number of rotatable bonds is 4. The van der Waals surface area contributed by atoms with Crippen molar-refractivity contribution in [2.24, 2.45) is 0 Å². The average molecular weight is 452 g/mol. The molecule has 0 saturated carbocycles. The maximum absolute atomic E-state index is 12.1. The maximum Gasteiger partial charge on any atom is 0.346 e. The van der Waals surface area contributed by atoms with Crippen molar-refractivity contribution in [1.82, 2.24) is 0 Å². The van der Waals surface area contributed by atoms with Crippen LogP contribution in [0.2, 0.25) is 0 Å². The quantitative estimate of drug-likeness (QED) is 0.362. The monoisotopic (exact) mass is 452 g/mol. The van der Waals surface area contributed by atoms with E-state index < -0.39 is 54.2 Å². The number of benzene rings is 2. The van der Waals surface area contributed by atoms with Crippen molar-refractivity contribution in [3.63, 3.8) is 0 Å². The molecule has 2 aliphatic heterocycles. The first kappa shape index (κ1) is 21.2. The van der Waals surface area contributed by atoms with Crippen LogP contribution in [0.1, 0.15) is 68.6 Å². The van der Waals surface area contributed by atoms with Gasteiger partial charge in [-0.15, -0.1) is 0 Å². The molecule has 2 aliphatic rings. The topological polar surface area (TPSA) is 173 Å². The van der Waals surface area contributed by atoms with Crippen molar-refractivity contribution in [3.05, 3.63) is 69.8 Å². The summed E-state index contributed by atoms with van der Waals surface area (Å²) in [6.07, 6.45) is -1.12. The number of carbonyl (C=O) groups excluding carboxylic acids is 8. The molecule has 0 atom stereocenters. The molecule has 0 saturated heterocycles. The first-order valence-electron chi connectivity index (χ1n) is 8.95. The smallest absolute Gasteiger partial charge is 0.346 e. The molecular formula is C21H8O12. The number of esters is 8. The van der Waals surface area contributed by atoms with E-state index in [2.05, 4.69) is 18.9 Å². The Labute approximate surface area is 182 Å². The summed E-state index contributed by atoms with van der Waals surface area (Å²) in [6, 6.07) is 6.47. The molecule has 2 heterocycles. The SMILES string of the molecule is O=C(CC(=O)OC(=O)c1ccc2c(c1)C(=O)OC2=O)OC(=O)c1ccc2c(c1)C(=O)OC2=O. The Kier molecular flexibility index (Phi) is 5.10. The molecular weight excluding hydrogens is 444 g/mol. The zero-order valence-electron chi connectivity index (χ0n) is 16.1. The van der Waals surface area contributed by atoms with Gasteiger partial charge in [0.05, 0.1) is 33.4 Å². The summed E-state index contributed by atoms with van der Waals surface area (Å²) in [5, 5.41) is 0. The third kappa shape index (κ3) is 3.99. The van der Waals surface area contributed by atoms with Crippen LogP contribution in [0.4, 0.5) is 0 Å². The van der Waals surface area contributed by atoms with Crippen LogP contribution in [0.5, 0.6) is 0 Å². The van der Waals surface area contributed by atoms with Gasteiger partial charge in [0, 0.05) is 0 Å². The van der Waals surface area contributed by atoms with Crippen LogP contribution < -0.4 is 0 Å². The molecule has 12 heteroatoms. The van der Waals surface area contributed by atoms with Crippen molar-refractivity contribution in [2.75, 3.05) is 0 Å². The molecule has 0 fully saturated rings. The summed E-state index contributed by atoms with van der Waals surface area (Å²) in [7, 11) is 0. The molecule has 0 bridgehead atoms. The summed E-state index contributed by atoms with van der Waals surface area (Å²) in [5.74, 6) is -8.88. The number of hydrogen-bond acceptors (Lipinski definition) is 12. The minimum atomic E-state index is -1.36. The fourth-order valence-electron chi connectivity index (χ4n) is 2.94. The van der Waals surface area contributed by atoms with Gasteiger partial charge in [-0.2, -0.15) is 0 Å². The van der Waals surface area contributed by atoms with Crippen LogP contribution in [0, 0.1) is 0 Å². The second-order valence-corrected chi connectivity index (χ2v) is 6.57. The fourth-order valence-corrected chi connectivity index (χ4v) is 2.94. The third-order valence-electron chi connectivity index (χ3n) is 4.46. The fraction of sp³-hybridized carbons (Fsp3) is 0.0476. The third-order valence-corrected chi connectivity index (χ3v) is 4.46. The lowest BCUT2D eigenvalue weighted by Gasteiger charge is -2.05. The molecule has 0 amide bonds. The van der Waals surface area contributed by atoms with E-state index in [1.54, 1.807) is 0 Å². The van der Waals surface area contributed by atoms with Crippen LogP contribution in [0.25, 0.3) is 0 Å². The molecule has 33 heavy (non-hydrogen) atoms. The van der Waals surface area contributed by atoms with E-state index in [1.165, 1.54) is 0 Å².